The van der Waals surface area contributed by atoms with E-state index in [1.54, 1.807) is 18.3 Å². The fraction of sp³-hybridized carbons (Fsp3) is 0.227. The predicted molar refractivity (Wildman–Crippen MR) is 114 cm³/mol. The fourth-order valence-electron chi connectivity index (χ4n) is 3.14. The molecule has 1 aliphatic heterocycles. The second-order valence-corrected chi connectivity index (χ2v) is 7.35. The zero-order chi connectivity index (χ0) is 21.1. The van der Waals surface area contributed by atoms with Gasteiger partial charge in [-0.05, 0) is 36.4 Å². The number of nitrogens with one attached hydrogen (secondary N) is 1. The second-order valence-electron chi connectivity index (χ2n) is 6.94. The number of ether oxygens (including phenoxy) is 1. The van der Waals surface area contributed by atoms with E-state index in [4.69, 9.17) is 16.3 Å². The van der Waals surface area contributed by atoms with E-state index in [1.165, 1.54) is 18.2 Å². The van der Waals surface area contributed by atoms with Crippen LogP contribution in [0.3, 0.4) is 0 Å². The number of ketones is 1. The normalized spacial score (nSPS) is 13.6. The summed E-state index contributed by atoms with van der Waals surface area (Å²) in [5.41, 5.74) is 1.41. The number of carbonyl (C=O) groups is 1. The lowest BCUT2D eigenvalue weighted by atomic mass is 10.1. The van der Waals surface area contributed by atoms with Crippen molar-refractivity contribution in [3.63, 3.8) is 0 Å². The summed E-state index contributed by atoms with van der Waals surface area (Å²) in [5, 5.41) is 3.40. The van der Waals surface area contributed by atoms with Gasteiger partial charge in [-0.2, -0.15) is 4.98 Å². The second kappa shape index (κ2) is 8.67. The van der Waals surface area contributed by atoms with Gasteiger partial charge < -0.3 is 15.0 Å². The lowest BCUT2D eigenvalue weighted by molar-refractivity contribution is 0.0988. The average molecular weight is 427 g/mol. The SMILES string of the molecule is CCC(=O)c1cccc(Nc2nccc(N3CC(Oc4ccc(F)cc4Cl)C3)n2)c1. The molecule has 4 rings (SSSR count). The van der Waals surface area contributed by atoms with Crippen LogP contribution in [0.25, 0.3) is 0 Å². The van der Waals surface area contributed by atoms with E-state index < -0.39 is 5.82 Å². The van der Waals surface area contributed by atoms with Crippen LogP contribution in [0.4, 0.5) is 21.8 Å². The van der Waals surface area contributed by atoms with E-state index in [0.717, 1.165) is 11.5 Å². The van der Waals surface area contributed by atoms with Crippen molar-refractivity contribution in [2.75, 3.05) is 23.3 Å². The number of carbonyl (C=O) groups excluding carboxylic acids is 1. The van der Waals surface area contributed by atoms with Crippen LogP contribution in [0.15, 0.2) is 54.7 Å². The van der Waals surface area contributed by atoms with Gasteiger partial charge in [0, 0.05) is 23.9 Å². The van der Waals surface area contributed by atoms with Crippen molar-refractivity contribution in [3.8, 4) is 5.75 Å². The molecular weight excluding hydrogens is 407 g/mol. The first-order valence-corrected chi connectivity index (χ1v) is 9.99. The van der Waals surface area contributed by atoms with Crippen molar-refractivity contribution >= 4 is 34.8 Å². The van der Waals surface area contributed by atoms with Gasteiger partial charge in [-0.15, -0.1) is 0 Å². The summed E-state index contributed by atoms with van der Waals surface area (Å²) in [6.07, 6.45) is 2.07. The molecule has 1 aliphatic rings. The molecule has 1 N–H and O–H groups in total. The maximum atomic E-state index is 13.2. The smallest absolute Gasteiger partial charge is 0.229 e. The van der Waals surface area contributed by atoms with Crippen molar-refractivity contribution in [1.82, 2.24) is 9.97 Å². The number of benzene rings is 2. The summed E-state index contributed by atoms with van der Waals surface area (Å²) in [5.74, 6) is 1.36. The quantitative estimate of drug-likeness (QED) is 0.543. The van der Waals surface area contributed by atoms with Gasteiger partial charge in [0.2, 0.25) is 5.95 Å². The van der Waals surface area contributed by atoms with Crippen molar-refractivity contribution in [2.24, 2.45) is 0 Å². The van der Waals surface area contributed by atoms with E-state index in [1.807, 2.05) is 30.0 Å². The third kappa shape index (κ3) is 4.52. The molecule has 1 saturated heterocycles. The topological polar surface area (TPSA) is 67.4 Å². The predicted octanol–water partition coefficient (Wildman–Crippen LogP) is 4.87. The lowest BCUT2D eigenvalue weighted by Crippen LogP contribution is -2.54. The first-order valence-electron chi connectivity index (χ1n) is 9.62. The summed E-state index contributed by atoms with van der Waals surface area (Å²) in [7, 11) is 0. The molecule has 1 aromatic heterocycles. The van der Waals surface area contributed by atoms with Crippen LogP contribution in [0, 0.1) is 5.82 Å². The zero-order valence-electron chi connectivity index (χ0n) is 16.3. The highest BCUT2D eigenvalue weighted by molar-refractivity contribution is 6.32. The minimum absolute atomic E-state index is 0.0592. The highest BCUT2D eigenvalue weighted by Crippen LogP contribution is 2.29. The molecule has 0 saturated carbocycles. The van der Waals surface area contributed by atoms with Crippen molar-refractivity contribution in [3.05, 3.63) is 71.1 Å². The molecule has 154 valence electrons. The Hall–Kier alpha value is -3.19. The number of nitrogens with zero attached hydrogens (tertiary/aromatic N) is 3. The average Bonchev–Trinajstić information content (AvgIpc) is 2.71. The summed E-state index contributed by atoms with van der Waals surface area (Å²) in [6, 6.07) is 13.2. The summed E-state index contributed by atoms with van der Waals surface area (Å²) in [4.78, 5) is 22.8. The number of hydrogen-bond acceptors (Lipinski definition) is 6. The number of rotatable bonds is 7. The molecule has 0 amide bonds. The Balaban J connectivity index is 1.38. The monoisotopic (exact) mass is 426 g/mol. The molecule has 3 aromatic rings. The van der Waals surface area contributed by atoms with Crippen LogP contribution in [0.5, 0.6) is 5.75 Å². The Labute approximate surface area is 178 Å². The lowest BCUT2D eigenvalue weighted by Gasteiger charge is -2.39. The number of Topliss-reactive ketones (excluding diaryl/α,β-unsaturated/α-hetero) is 1. The highest BCUT2D eigenvalue weighted by Gasteiger charge is 2.30. The van der Waals surface area contributed by atoms with Gasteiger partial charge in [0.15, 0.2) is 5.78 Å². The van der Waals surface area contributed by atoms with Gasteiger partial charge in [0.05, 0.1) is 18.1 Å². The van der Waals surface area contributed by atoms with Crippen LogP contribution in [0.2, 0.25) is 5.02 Å². The molecule has 0 aliphatic carbocycles. The third-order valence-corrected chi connectivity index (χ3v) is 5.06. The summed E-state index contributed by atoms with van der Waals surface area (Å²) < 4.78 is 19.0. The van der Waals surface area contributed by atoms with Gasteiger partial charge in [-0.3, -0.25) is 4.79 Å². The Morgan fingerprint density at radius 1 is 1.27 bits per heavy atom. The summed E-state index contributed by atoms with van der Waals surface area (Å²) >= 11 is 6.02. The van der Waals surface area contributed by atoms with Crippen LogP contribution < -0.4 is 15.0 Å². The number of halogens is 2. The molecule has 0 bridgehead atoms. The molecule has 1 fully saturated rings. The molecule has 2 aromatic carbocycles. The van der Waals surface area contributed by atoms with Crippen LogP contribution in [-0.2, 0) is 0 Å². The number of anilines is 3. The number of hydrogen-bond donors (Lipinski definition) is 1. The van der Waals surface area contributed by atoms with Crippen molar-refractivity contribution < 1.29 is 13.9 Å². The molecule has 6 nitrogen and oxygen atoms in total. The minimum atomic E-state index is -0.395. The fourth-order valence-corrected chi connectivity index (χ4v) is 3.35. The maximum absolute atomic E-state index is 13.2. The van der Waals surface area contributed by atoms with E-state index in [0.29, 0.717) is 36.8 Å². The van der Waals surface area contributed by atoms with Gasteiger partial charge in [-0.25, -0.2) is 9.37 Å². The minimum Gasteiger partial charge on any atom is -0.485 e. The van der Waals surface area contributed by atoms with Gasteiger partial charge in [0.25, 0.3) is 0 Å². The molecule has 0 spiro atoms. The molecule has 0 unspecified atom stereocenters. The standard InChI is InChI=1S/C22H20ClFN4O2/c1-2-19(29)14-4-3-5-16(10-14)26-22-25-9-8-21(27-22)28-12-17(13-28)30-20-7-6-15(24)11-18(20)23/h3-11,17H,2,12-13H2,1H3,(H,25,26,27). The van der Waals surface area contributed by atoms with Crippen molar-refractivity contribution in [1.29, 1.82) is 0 Å². The van der Waals surface area contributed by atoms with Crippen LogP contribution in [-0.4, -0.2) is 34.9 Å². The van der Waals surface area contributed by atoms with E-state index in [-0.39, 0.29) is 16.9 Å². The largest absolute Gasteiger partial charge is 0.485 e. The van der Waals surface area contributed by atoms with E-state index in [2.05, 4.69) is 15.3 Å². The van der Waals surface area contributed by atoms with E-state index >= 15 is 0 Å². The summed E-state index contributed by atoms with van der Waals surface area (Å²) in [6.45, 7) is 3.10. The zero-order valence-corrected chi connectivity index (χ0v) is 17.1. The van der Waals surface area contributed by atoms with Crippen LogP contribution >= 0.6 is 11.6 Å². The molecule has 8 heteroatoms. The first kappa shape index (κ1) is 20.1. The first-order chi connectivity index (χ1) is 14.5. The van der Waals surface area contributed by atoms with Gasteiger partial charge >= 0.3 is 0 Å². The van der Waals surface area contributed by atoms with Crippen LogP contribution in [0.1, 0.15) is 23.7 Å². The molecule has 2 heterocycles. The number of aromatic nitrogens is 2. The molecule has 30 heavy (non-hydrogen) atoms. The van der Waals surface area contributed by atoms with Gasteiger partial charge in [0.1, 0.15) is 23.5 Å². The third-order valence-electron chi connectivity index (χ3n) is 4.76. The Morgan fingerprint density at radius 2 is 2.10 bits per heavy atom. The Kier molecular flexibility index (Phi) is 5.81. The maximum Gasteiger partial charge on any atom is 0.229 e. The van der Waals surface area contributed by atoms with Crippen molar-refractivity contribution in [2.45, 2.75) is 19.4 Å². The Bertz CT molecular complexity index is 1070. The molecule has 0 atom stereocenters. The molecule has 0 radical (unpaired) electrons. The van der Waals surface area contributed by atoms with E-state index in [9.17, 15) is 9.18 Å². The highest BCUT2D eigenvalue weighted by atomic mass is 35.5. The van der Waals surface area contributed by atoms with Gasteiger partial charge in [-0.1, -0.05) is 30.7 Å². The Morgan fingerprint density at radius 3 is 2.87 bits per heavy atom. The molecular formula is C22H20ClFN4O2.